The summed E-state index contributed by atoms with van der Waals surface area (Å²) in [6.45, 7) is -3.04. The SMILES string of the molecule is O=C(O)c1cc2cc(NC(=O)c3ccccc3OC(F)F)ccc2s1. The molecule has 0 bridgehead atoms. The minimum Gasteiger partial charge on any atom is -0.477 e. The molecule has 0 saturated carbocycles. The van der Waals surface area contributed by atoms with Crippen LogP contribution in [0, 0.1) is 0 Å². The summed E-state index contributed by atoms with van der Waals surface area (Å²) in [6.07, 6.45) is 0. The molecule has 1 aromatic heterocycles. The topological polar surface area (TPSA) is 75.6 Å². The van der Waals surface area contributed by atoms with E-state index in [9.17, 15) is 18.4 Å². The van der Waals surface area contributed by atoms with Gasteiger partial charge in [-0.1, -0.05) is 12.1 Å². The highest BCUT2D eigenvalue weighted by Gasteiger charge is 2.16. The number of alkyl halides is 2. The standard InChI is InChI=1S/C17H11F2NO4S/c18-17(19)24-12-4-2-1-3-11(12)15(21)20-10-5-6-13-9(7-10)8-14(25-13)16(22)23/h1-8,17H,(H,20,21)(H,22,23). The molecule has 25 heavy (non-hydrogen) atoms. The van der Waals surface area contributed by atoms with E-state index in [1.54, 1.807) is 18.2 Å². The molecule has 0 saturated heterocycles. The third-order valence-electron chi connectivity index (χ3n) is 3.33. The lowest BCUT2D eigenvalue weighted by Crippen LogP contribution is -2.14. The Hall–Kier alpha value is -3.00. The number of thiophene rings is 1. The van der Waals surface area contributed by atoms with Gasteiger partial charge in [-0.05, 0) is 41.8 Å². The number of nitrogens with one attached hydrogen (secondary N) is 1. The molecule has 2 N–H and O–H groups in total. The van der Waals surface area contributed by atoms with Crippen molar-refractivity contribution in [1.29, 1.82) is 0 Å². The van der Waals surface area contributed by atoms with Crippen LogP contribution in [0.4, 0.5) is 14.5 Å². The van der Waals surface area contributed by atoms with Crippen molar-refractivity contribution in [1.82, 2.24) is 0 Å². The molecule has 128 valence electrons. The Morgan fingerprint density at radius 3 is 2.60 bits per heavy atom. The molecule has 0 aliphatic heterocycles. The second kappa shape index (κ2) is 6.86. The number of carboxylic acids is 1. The number of hydrogen-bond acceptors (Lipinski definition) is 4. The largest absolute Gasteiger partial charge is 0.477 e. The number of carboxylic acid groups (broad SMARTS) is 1. The molecule has 0 fully saturated rings. The maximum Gasteiger partial charge on any atom is 0.387 e. The molecule has 1 heterocycles. The number of fused-ring (bicyclic) bond motifs is 1. The van der Waals surface area contributed by atoms with Gasteiger partial charge in [-0.15, -0.1) is 11.3 Å². The van der Waals surface area contributed by atoms with Crippen LogP contribution in [0.5, 0.6) is 5.75 Å². The Morgan fingerprint density at radius 2 is 1.88 bits per heavy atom. The smallest absolute Gasteiger partial charge is 0.387 e. The summed E-state index contributed by atoms with van der Waals surface area (Å²) in [7, 11) is 0. The summed E-state index contributed by atoms with van der Waals surface area (Å²) in [5, 5.41) is 12.3. The average molecular weight is 363 g/mol. The molecule has 0 aliphatic rings. The highest BCUT2D eigenvalue weighted by Crippen LogP contribution is 2.29. The zero-order chi connectivity index (χ0) is 18.0. The molecular formula is C17H11F2NO4S. The molecule has 1 amide bonds. The van der Waals surface area contributed by atoms with Gasteiger partial charge < -0.3 is 15.2 Å². The fourth-order valence-corrected chi connectivity index (χ4v) is 3.16. The fourth-order valence-electron chi connectivity index (χ4n) is 2.28. The Balaban J connectivity index is 1.86. The predicted molar refractivity (Wildman–Crippen MR) is 89.8 cm³/mol. The monoisotopic (exact) mass is 363 g/mol. The number of anilines is 1. The number of carbonyl (C=O) groups is 2. The zero-order valence-corrected chi connectivity index (χ0v) is 13.3. The van der Waals surface area contributed by atoms with Gasteiger partial charge in [0.05, 0.1) is 5.56 Å². The van der Waals surface area contributed by atoms with Crippen molar-refractivity contribution in [2.75, 3.05) is 5.32 Å². The van der Waals surface area contributed by atoms with Crippen LogP contribution < -0.4 is 10.1 Å². The number of benzene rings is 2. The van der Waals surface area contributed by atoms with E-state index in [1.807, 2.05) is 0 Å². The molecular weight excluding hydrogens is 352 g/mol. The van der Waals surface area contributed by atoms with Gasteiger partial charge in [0, 0.05) is 10.4 Å². The van der Waals surface area contributed by atoms with Crippen LogP contribution in [0.3, 0.4) is 0 Å². The van der Waals surface area contributed by atoms with Crippen LogP contribution in [0.2, 0.25) is 0 Å². The first-order valence-electron chi connectivity index (χ1n) is 7.06. The van der Waals surface area contributed by atoms with Crippen molar-refractivity contribution in [3.05, 3.63) is 59.0 Å². The van der Waals surface area contributed by atoms with E-state index in [2.05, 4.69) is 10.1 Å². The Morgan fingerprint density at radius 1 is 1.12 bits per heavy atom. The van der Waals surface area contributed by atoms with Crippen molar-refractivity contribution in [2.24, 2.45) is 0 Å². The summed E-state index contributed by atoms with van der Waals surface area (Å²) < 4.78 is 30.0. The minimum atomic E-state index is -3.04. The van der Waals surface area contributed by atoms with Gasteiger partial charge >= 0.3 is 12.6 Å². The van der Waals surface area contributed by atoms with Crippen molar-refractivity contribution < 1.29 is 28.2 Å². The summed E-state index contributed by atoms with van der Waals surface area (Å²) in [5.41, 5.74) is 0.388. The quantitative estimate of drug-likeness (QED) is 0.702. The van der Waals surface area contributed by atoms with E-state index >= 15 is 0 Å². The first-order chi connectivity index (χ1) is 11.9. The lowest BCUT2D eigenvalue weighted by Gasteiger charge is -2.11. The molecule has 0 radical (unpaired) electrons. The maximum absolute atomic E-state index is 12.4. The van der Waals surface area contributed by atoms with Gasteiger partial charge in [0.1, 0.15) is 10.6 Å². The number of para-hydroxylation sites is 1. The van der Waals surface area contributed by atoms with E-state index in [1.165, 1.54) is 30.3 Å². The number of amides is 1. The van der Waals surface area contributed by atoms with E-state index in [0.717, 1.165) is 16.0 Å². The Bertz CT molecular complexity index is 955. The maximum atomic E-state index is 12.4. The van der Waals surface area contributed by atoms with Gasteiger partial charge in [0.25, 0.3) is 5.91 Å². The average Bonchev–Trinajstić information content (AvgIpc) is 2.98. The first kappa shape index (κ1) is 16.8. The lowest BCUT2D eigenvalue weighted by molar-refractivity contribution is -0.0501. The third-order valence-corrected chi connectivity index (χ3v) is 4.44. The fraction of sp³-hybridized carbons (Fsp3) is 0.0588. The van der Waals surface area contributed by atoms with Crippen LogP contribution in [0.15, 0.2) is 48.5 Å². The third kappa shape index (κ3) is 3.74. The second-order valence-electron chi connectivity index (χ2n) is 5.00. The first-order valence-corrected chi connectivity index (χ1v) is 7.88. The number of halogens is 2. The van der Waals surface area contributed by atoms with Crippen LogP contribution in [-0.4, -0.2) is 23.6 Å². The summed E-state index contributed by atoms with van der Waals surface area (Å²) in [6, 6.07) is 12.1. The normalized spacial score (nSPS) is 10.8. The van der Waals surface area contributed by atoms with Crippen molar-refractivity contribution >= 4 is 39.0 Å². The van der Waals surface area contributed by atoms with Crippen LogP contribution >= 0.6 is 11.3 Å². The summed E-state index contributed by atoms with van der Waals surface area (Å²) in [4.78, 5) is 23.5. The summed E-state index contributed by atoms with van der Waals surface area (Å²) in [5.74, 6) is -1.85. The van der Waals surface area contributed by atoms with Gasteiger partial charge in [0.2, 0.25) is 0 Å². The Labute approximate surface area is 144 Å². The molecule has 3 aromatic rings. The molecule has 0 unspecified atom stereocenters. The summed E-state index contributed by atoms with van der Waals surface area (Å²) >= 11 is 1.12. The molecule has 2 aromatic carbocycles. The molecule has 0 aliphatic carbocycles. The van der Waals surface area contributed by atoms with Crippen molar-refractivity contribution in [2.45, 2.75) is 6.61 Å². The van der Waals surface area contributed by atoms with Crippen LogP contribution in [-0.2, 0) is 0 Å². The number of carbonyl (C=O) groups excluding carboxylic acids is 1. The molecule has 8 heteroatoms. The van der Waals surface area contributed by atoms with E-state index in [-0.39, 0.29) is 16.2 Å². The number of hydrogen-bond donors (Lipinski definition) is 2. The lowest BCUT2D eigenvalue weighted by atomic mass is 10.1. The number of ether oxygens (including phenoxy) is 1. The van der Waals surface area contributed by atoms with Crippen molar-refractivity contribution in [3.8, 4) is 5.75 Å². The van der Waals surface area contributed by atoms with Crippen LogP contribution in [0.25, 0.3) is 10.1 Å². The van der Waals surface area contributed by atoms with E-state index in [4.69, 9.17) is 5.11 Å². The molecule has 0 spiro atoms. The van der Waals surface area contributed by atoms with Gasteiger partial charge in [-0.25, -0.2) is 4.79 Å². The highest BCUT2D eigenvalue weighted by atomic mass is 32.1. The number of aromatic carboxylic acids is 1. The van der Waals surface area contributed by atoms with E-state index < -0.39 is 18.5 Å². The van der Waals surface area contributed by atoms with E-state index in [0.29, 0.717) is 11.1 Å². The molecule has 0 atom stereocenters. The Kier molecular flexibility index (Phi) is 4.62. The van der Waals surface area contributed by atoms with Gasteiger partial charge in [0.15, 0.2) is 0 Å². The predicted octanol–water partition coefficient (Wildman–Crippen LogP) is 4.45. The highest BCUT2D eigenvalue weighted by molar-refractivity contribution is 7.20. The van der Waals surface area contributed by atoms with Gasteiger partial charge in [-0.3, -0.25) is 4.79 Å². The minimum absolute atomic E-state index is 0.0283. The zero-order valence-electron chi connectivity index (χ0n) is 12.5. The van der Waals surface area contributed by atoms with Crippen LogP contribution in [0.1, 0.15) is 20.0 Å². The molecule has 3 rings (SSSR count). The molecule has 5 nitrogen and oxygen atoms in total. The second-order valence-corrected chi connectivity index (χ2v) is 6.08. The number of rotatable bonds is 5. The van der Waals surface area contributed by atoms with Gasteiger partial charge in [-0.2, -0.15) is 8.78 Å². The van der Waals surface area contributed by atoms with Crippen molar-refractivity contribution in [3.63, 3.8) is 0 Å².